The lowest BCUT2D eigenvalue weighted by Gasteiger charge is -2.48. The summed E-state index contributed by atoms with van der Waals surface area (Å²) in [6, 6.07) is 14.9. The molecular weight excluding hydrogens is 432 g/mol. The number of rotatable bonds is 7. The van der Waals surface area contributed by atoms with Gasteiger partial charge in [0, 0.05) is 12.0 Å². The minimum Gasteiger partial charge on any atom is -0.481 e. The molecule has 2 atom stereocenters. The van der Waals surface area contributed by atoms with Gasteiger partial charge in [-0.3, -0.25) is 9.59 Å². The number of hydrogen-bond acceptors (Lipinski definition) is 4. The third-order valence-corrected chi connectivity index (χ3v) is 7.92. The summed E-state index contributed by atoms with van der Waals surface area (Å²) in [6.07, 6.45) is 5.26. The van der Waals surface area contributed by atoms with Gasteiger partial charge in [-0.25, -0.2) is 4.79 Å². The molecule has 2 amide bonds. The van der Waals surface area contributed by atoms with E-state index in [1.54, 1.807) is 0 Å². The molecule has 0 aliphatic heterocycles. The fourth-order valence-electron chi connectivity index (χ4n) is 6.04. The molecule has 0 saturated heterocycles. The largest absolute Gasteiger partial charge is 0.481 e. The van der Waals surface area contributed by atoms with Crippen molar-refractivity contribution in [2.75, 3.05) is 6.61 Å². The maximum atomic E-state index is 12.9. The number of alkyl carbamates (subject to hydrolysis) is 1. The lowest BCUT2D eigenvalue weighted by Crippen LogP contribution is -2.58. The predicted octanol–water partition coefficient (Wildman–Crippen LogP) is 4.21. The first-order chi connectivity index (χ1) is 16.5. The quantitative estimate of drug-likeness (QED) is 0.572. The number of carboxylic acids is 1. The molecule has 2 unspecified atom stereocenters. The van der Waals surface area contributed by atoms with Gasteiger partial charge in [0.05, 0.1) is 6.42 Å². The Bertz CT molecular complexity index is 1060. The van der Waals surface area contributed by atoms with E-state index in [1.807, 2.05) is 36.4 Å². The maximum Gasteiger partial charge on any atom is 0.407 e. The number of fused-ring (bicyclic) bond motifs is 3. The second-order valence-electron chi connectivity index (χ2n) is 9.79. The van der Waals surface area contributed by atoms with Crippen molar-refractivity contribution in [1.82, 2.24) is 10.6 Å². The second-order valence-corrected chi connectivity index (χ2v) is 9.79. The van der Waals surface area contributed by atoms with Crippen LogP contribution in [0.25, 0.3) is 11.1 Å². The van der Waals surface area contributed by atoms with Crippen LogP contribution in [0.1, 0.15) is 62.0 Å². The van der Waals surface area contributed by atoms with Crippen LogP contribution in [0.2, 0.25) is 0 Å². The van der Waals surface area contributed by atoms with E-state index < -0.39 is 30.4 Å². The van der Waals surface area contributed by atoms with Crippen molar-refractivity contribution in [2.24, 2.45) is 5.41 Å². The zero-order chi connectivity index (χ0) is 23.7. The average Bonchev–Trinajstić information content (AvgIpc) is 3.45. The maximum absolute atomic E-state index is 12.9. The fraction of sp³-hybridized carbons (Fsp3) is 0.444. The molecule has 3 N–H and O–H groups in total. The van der Waals surface area contributed by atoms with Crippen molar-refractivity contribution >= 4 is 18.0 Å². The SMILES string of the molecule is O=C(O)CC(NC(=O)OCC1c2ccccc2-c2ccccc21)C(=O)NC1CCC12CCCC2. The summed E-state index contributed by atoms with van der Waals surface area (Å²) in [6.45, 7) is 0.104. The van der Waals surface area contributed by atoms with E-state index in [2.05, 4.69) is 22.8 Å². The number of aliphatic carboxylic acids is 1. The molecular formula is C27H30N2O5. The zero-order valence-corrected chi connectivity index (χ0v) is 19.1. The topological polar surface area (TPSA) is 105 Å². The summed E-state index contributed by atoms with van der Waals surface area (Å²) in [5, 5.41) is 14.8. The van der Waals surface area contributed by atoms with Gasteiger partial charge in [-0.15, -0.1) is 0 Å². The van der Waals surface area contributed by atoms with Crippen LogP contribution in [0, 0.1) is 5.41 Å². The van der Waals surface area contributed by atoms with Crippen LogP contribution < -0.4 is 10.6 Å². The molecule has 2 fully saturated rings. The first kappa shape index (κ1) is 22.4. The van der Waals surface area contributed by atoms with Crippen molar-refractivity contribution in [2.45, 2.75) is 62.9 Å². The van der Waals surface area contributed by atoms with Gasteiger partial charge in [0.15, 0.2) is 0 Å². The first-order valence-corrected chi connectivity index (χ1v) is 12.1. The minimum absolute atomic E-state index is 0.0584. The Morgan fingerprint density at radius 1 is 0.971 bits per heavy atom. The third-order valence-electron chi connectivity index (χ3n) is 7.92. The summed E-state index contributed by atoms with van der Waals surface area (Å²) in [5.41, 5.74) is 4.58. The predicted molar refractivity (Wildman–Crippen MR) is 126 cm³/mol. The summed E-state index contributed by atoms with van der Waals surface area (Å²) in [5.74, 6) is -1.71. The summed E-state index contributed by atoms with van der Waals surface area (Å²) in [4.78, 5) is 36.9. The molecule has 2 aromatic rings. The van der Waals surface area contributed by atoms with Gasteiger partial charge in [-0.1, -0.05) is 61.4 Å². The monoisotopic (exact) mass is 462 g/mol. The molecule has 3 aliphatic rings. The minimum atomic E-state index is -1.17. The highest BCUT2D eigenvalue weighted by Crippen LogP contribution is 2.53. The molecule has 1 spiro atoms. The van der Waals surface area contributed by atoms with Gasteiger partial charge in [-0.2, -0.15) is 0 Å². The number of carboxylic acid groups (broad SMARTS) is 1. The summed E-state index contributed by atoms with van der Waals surface area (Å²) in [7, 11) is 0. The highest BCUT2D eigenvalue weighted by atomic mass is 16.5. The number of carbonyl (C=O) groups is 3. The third kappa shape index (κ3) is 4.15. The number of carbonyl (C=O) groups excluding carboxylic acids is 2. The fourth-order valence-corrected chi connectivity index (χ4v) is 6.04. The van der Waals surface area contributed by atoms with Gasteiger partial charge >= 0.3 is 12.1 Å². The van der Waals surface area contributed by atoms with Gasteiger partial charge in [0.1, 0.15) is 12.6 Å². The van der Waals surface area contributed by atoms with E-state index in [1.165, 1.54) is 12.8 Å². The Morgan fingerprint density at radius 3 is 2.15 bits per heavy atom. The van der Waals surface area contributed by atoms with Crippen LogP contribution in [0.5, 0.6) is 0 Å². The van der Waals surface area contributed by atoms with Crippen LogP contribution in [0.3, 0.4) is 0 Å². The highest BCUT2D eigenvalue weighted by molar-refractivity contribution is 5.89. The number of benzene rings is 2. The van der Waals surface area contributed by atoms with Gasteiger partial charge in [-0.05, 0) is 53.4 Å². The molecule has 3 aliphatic carbocycles. The summed E-state index contributed by atoms with van der Waals surface area (Å²) < 4.78 is 5.52. The molecule has 0 radical (unpaired) electrons. The van der Waals surface area contributed by atoms with E-state index in [9.17, 15) is 19.5 Å². The van der Waals surface area contributed by atoms with E-state index in [0.717, 1.165) is 47.9 Å². The van der Waals surface area contributed by atoms with Gasteiger partial charge in [0.25, 0.3) is 0 Å². The molecule has 0 heterocycles. The van der Waals surface area contributed by atoms with Gasteiger partial charge < -0.3 is 20.5 Å². The number of nitrogens with one attached hydrogen (secondary N) is 2. The van der Waals surface area contributed by atoms with Crippen molar-refractivity contribution in [3.05, 3.63) is 59.7 Å². The van der Waals surface area contributed by atoms with E-state index in [0.29, 0.717) is 0 Å². The van der Waals surface area contributed by atoms with E-state index >= 15 is 0 Å². The number of hydrogen-bond donors (Lipinski definition) is 3. The zero-order valence-electron chi connectivity index (χ0n) is 19.1. The van der Waals surface area contributed by atoms with Crippen molar-refractivity contribution in [3.63, 3.8) is 0 Å². The van der Waals surface area contributed by atoms with Crippen LogP contribution in [0.4, 0.5) is 4.79 Å². The van der Waals surface area contributed by atoms with Crippen LogP contribution in [-0.2, 0) is 14.3 Å². The molecule has 178 valence electrons. The van der Waals surface area contributed by atoms with Gasteiger partial charge in [0.2, 0.25) is 5.91 Å². The lowest BCUT2D eigenvalue weighted by molar-refractivity contribution is -0.140. The first-order valence-electron chi connectivity index (χ1n) is 12.1. The molecule has 2 saturated carbocycles. The Balaban J connectivity index is 1.22. The standard InChI is InChI=1S/C27H30N2O5/c30-24(31)15-22(25(32)29-23-11-14-27(23)12-5-6-13-27)28-26(33)34-16-21-19-9-3-1-7-17(19)18-8-2-4-10-20(18)21/h1-4,7-10,21-23H,5-6,11-16H2,(H,28,33)(H,29,32)(H,30,31). The number of amides is 2. The van der Waals surface area contributed by atoms with Crippen LogP contribution >= 0.6 is 0 Å². The Hall–Kier alpha value is -3.35. The molecule has 7 heteroatoms. The molecule has 0 aromatic heterocycles. The van der Waals surface area contributed by atoms with E-state index in [-0.39, 0.29) is 24.0 Å². The summed E-state index contributed by atoms with van der Waals surface area (Å²) >= 11 is 0. The van der Waals surface area contributed by atoms with Crippen LogP contribution in [-0.4, -0.2) is 41.8 Å². The molecule has 7 nitrogen and oxygen atoms in total. The van der Waals surface area contributed by atoms with Crippen LogP contribution in [0.15, 0.2) is 48.5 Å². The normalized spacial score (nSPS) is 20.6. The van der Waals surface area contributed by atoms with Crippen molar-refractivity contribution in [1.29, 1.82) is 0 Å². The Kier molecular flexibility index (Phi) is 6.02. The molecule has 34 heavy (non-hydrogen) atoms. The molecule has 5 rings (SSSR count). The van der Waals surface area contributed by atoms with Crippen molar-refractivity contribution < 1.29 is 24.2 Å². The lowest BCUT2D eigenvalue weighted by atomic mass is 9.63. The Labute approximate surface area is 198 Å². The highest BCUT2D eigenvalue weighted by Gasteiger charge is 2.49. The number of ether oxygens (including phenoxy) is 1. The van der Waals surface area contributed by atoms with Crippen molar-refractivity contribution in [3.8, 4) is 11.1 Å². The second kappa shape index (κ2) is 9.12. The van der Waals surface area contributed by atoms with E-state index in [4.69, 9.17) is 4.74 Å². The molecule has 2 aromatic carbocycles. The molecule has 0 bridgehead atoms. The average molecular weight is 463 g/mol. The Morgan fingerprint density at radius 2 is 1.59 bits per heavy atom. The smallest absolute Gasteiger partial charge is 0.407 e.